The van der Waals surface area contributed by atoms with Gasteiger partial charge in [0.05, 0.1) is 6.04 Å². The van der Waals surface area contributed by atoms with Gasteiger partial charge in [0.2, 0.25) is 0 Å². The van der Waals surface area contributed by atoms with E-state index in [0.717, 1.165) is 42.3 Å². The molecular formula is C19H29N3OS. The zero-order chi connectivity index (χ0) is 16.8. The Morgan fingerprint density at radius 1 is 1.17 bits per heavy atom. The summed E-state index contributed by atoms with van der Waals surface area (Å²) in [6.45, 7) is 6.30. The lowest BCUT2D eigenvalue weighted by atomic mass is 10.1. The first-order valence-corrected chi connectivity index (χ1v) is 10.3. The van der Waals surface area contributed by atoms with Crippen molar-refractivity contribution in [2.24, 2.45) is 0 Å². The Morgan fingerprint density at radius 3 is 2.75 bits per heavy atom. The molecule has 24 heavy (non-hydrogen) atoms. The van der Waals surface area contributed by atoms with Gasteiger partial charge in [-0.2, -0.15) is 11.8 Å². The number of carbonyl (C=O) groups excluding carboxylic acids is 1. The number of benzene rings is 1. The largest absolute Gasteiger partial charge is 0.322 e. The summed E-state index contributed by atoms with van der Waals surface area (Å²) in [7, 11) is 0. The van der Waals surface area contributed by atoms with Gasteiger partial charge in [-0.05, 0) is 56.7 Å². The van der Waals surface area contributed by atoms with Gasteiger partial charge in [-0.15, -0.1) is 0 Å². The van der Waals surface area contributed by atoms with Gasteiger partial charge in [-0.1, -0.05) is 24.6 Å². The van der Waals surface area contributed by atoms with E-state index in [2.05, 4.69) is 15.1 Å². The summed E-state index contributed by atoms with van der Waals surface area (Å²) in [4.78, 5) is 17.5. The van der Waals surface area contributed by atoms with Crippen molar-refractivity contribution in [3.05, 3.63) is 29.8 Å². The summed E-state index contributed by atoms with van der Waals surface area (Å²) in [6, 6.07) is 8.39. The van der Waals surface area contributed by atoms with Crippen LogP contribution in [-0.4, -0.2) is 59.6 Å². The number of nitrogens with one attached hydrogen (secondary N) is 1. The first kappa shape index (κ1) is 17.6. The molecule has 0 aromatic heterocycles. The van der Waals surface area contributed by atoms with E-state index < -0.39 is 0 Å². The molecule has 132 valence electrons. The van der Waals surface area contributed by atoms with Crippen LogP contribution in [0.25, 0.3) is 0 Å². The Kier molecular flexibility index (Phi) is 6.44. The van der Waals surface area contributed by atoms with E-state index in [9.17, 15) is 4.79 Å². The molecule has 0 radical (unpaired) electrons. The number of carbonyl (C=O) groups is 1. The Balaban J connectivity index is 1.66. The molecule has 1 N–H and O–H groups in total. The normalized spacial score (nSPS) is 22.9. The maximum absolute atomic E-state index is 12.9. The number of hydrogen-bond donors (Lipinski definition) is 1. The van der Waals surface area contributed by atoms with Crippen LogP contribution in [0, 0.1) is 6.92 Å². The van der Waals surface area contributed by atoms with Crippen molar-refractivity contribution < 1.29 is 4.79 Å². The predicted molar refractivity (Wildman–Crippen MR) is 103 cm³/mol. The molecular weight excluding hydrogens is 318 g/mol. The molecule has 4 nitrogen and oxygen atoms in total. The first-order chi connectivity index (χ1) is 11.7. The number of rotatable bonds is 3. The molecule has 1 aromatic rings. The maximum atomic E-state index is 12.9. The molecule has 2 aliphatic rings. The molecule has 2 saturated heterocycles. The number of nitrogens with zero attached hydrogens (tertiary/aromatic N) is 2. The van der Waals surface area contributed by atoms with Crippen LogP contribution in [0.4, 0.5) is 10.5 Å². The van der Waals surface area contributed by atoms with Gasteiger partial charge >= 0.3 is 6.03 Å². The number of thioether (sulfide) groups is 1. The number of likely N-dealkylation sites (tertiary alicyclic amines) is 1. The molecule has 2 fully saturated rings. The summed E-state index contributed by atoms with van der Waals surface area (Å²) in [6.07, 6.45) is 5.04. The molecule has 0 unspecified atom stereocenters. The lowest BCUT2D eigenvalue weighted by Gasteiger charge is -2.35. The third-order valence-electron chi connectivity index (χ3n) is 5.00. The average Bonchev–Trinajstić information content (AvgIpc) is 2.83. The quantitative estimate of drug-likeness (QED) is 0.903. The molecule has 0 spiro atoms. The highest BCUT2D eigenvalue weighted by molar-refractivity contribution is 7.99. The zero-order valence-corrected chi connectivity index (χ0v) is 15.5. The zero-order valence-electron chi connectivity index (χ0n) is 14.7. The predicted octanol–water partition coefficient (Wildman–Crippen LogP) is 3.82. The molecule has 0 bridgehead atoms. The highest BCUT2D eigenvalue weighted by Crippen LogP contribution is 2.21. The van der Waals surface area contributed by atoms with E-state index in [0.29, 0.717) is 6.04 Å². The second-order valence-corrected chi connectivity index (χ2v) is 8.03. The Labute approximate surface area is 150 Å². The van der Waals surface area contributed by atoms with Crippen molar-refractivity contribution in [1.29, 1.82) is 0 Å². The molecule has 1 aromatic carbocycles. The lowest BCUT2D eigenvalue weighted by molar-refractivity contribution is 0.151. The second-order valence-electron chi connectivity index (χ2n) is 6.88. The van der Waals surface area contributed by atoms with Crippen molar-refractivity contribution in [2.75, 3.05) is 43.0 Å². The molecule has 3 rings (SSSR count). The van der Waals surface area contributed by atoms with Crippen molar-refractivity contribution in [3.8, 4) is 0 Å². The Bertz CT molecular complexity index is 545. The second kappa shape index (κ2) is 8.77. The number of hydrogen-bond acceptors (Lipinski definition) is 3. The molecule has 1 atom stereocenters. The molecule has 5 heteroatoms. The summed E-state index contributed by atoms with van der Waals surface area (Å²) < 4.78 is 0. The van der Waals surface area contributed by atoms with Gasteiger partial charge < -0.3 is 15.1 Å². The highest BCUT2D eigenvalue weighted by Gasteiger charge is 2.28. The number of piperidine rings is 1. The maximum Gasteiger partial charge on any atom is 0.322 e. The van der Waals surface area contributed by atoms with Gasteiger partial charge in [0.15, 0.2) is 0 Å². The SMILES string of the molecule is Cc1ccccc1NC(=O)N1CCCSC[C@H]1CN1CCCCC1. The van der Waals surface area contributed by atoms with Gasteiger partial charge in [0, 0.05) is 24.5 Å². The van der Waals surface area contributed by atoms with E-state index in [1.807, 2.05) is 43.0 Å². The van der Waals surface area contributed by atoms with Crippen LogP contribution >= 0.6 is 11.8 Å². The molecule has 2 amide bonds. The van der Waals surface area contributed by atoms with Gasteiger partial charge in [0.1, 0.15) is 0 Å². The van der Waals surface area contributed by atoms with Crippen LogP contribution in [0.2, 0.25) is 0 Å². The van der Waals surface area contributed by atoms with E-state index >= 15 is 0 Å². The van der Waals surface area contributed by atoms with E-state index in [1.165, 1.54) is 32.4 Å². The smallest absolute Gasteiger partial charge is 0.319 e. The first-order valence-electron chi connectivity index (χ1n) is 9.17. The standard InChI is InChI=1S/C19H29N3OS/c1-16-8-3-4-9-18(16)20-19(23)22-12-7-13-24-15-17(22)14-21-10-5-2-6-11-21/h3-4,8-9,17H,2,5-7,10-15H2,1H3,(H,20,23)/t17-/m1/s1. The third kappa shape index (κ3) is 4.67. The minimum atomic E-state index is 0.0637. The van der Waals surface area contributed by atoms with Crippen LogP contribution in [0.5, 0.6) is 0 Å². The monoisotopic (exact) mass is 347 g/mol. The van der Waals surface area contributed by atoms with Gasteiger partial charge in [0.25, 0.3) is 0 Å². The van der Waals surface area contributed by atoms with Gasteiger partial charge in [-0.25, -0.2) is 4.79 Å². The molecule has 0 aliphatic carbocycles. The summed E-state index contributed by atoms with van der Waals surface area (Å²) >= 11 is 1.99. The van der Waals surface area contributed by atoms with E-state index in [1.54, 1.807) is 0 Å². The van der Waals surface area contributed by atoms with Crippen molar-refractivity contribution >= 4 is 23.5 Å². The van der Waals surface area contributed by atoms with E-state index in [4.69, 9.17) is 0 Å². The van der Waals surface area contributed by atoms with Crippen molar-refractivity contribution in [1.82, 2.24) is 9.80 Å². The van der Waals surface area contributed by atoms with Crippen LogP contribution < -0.4 is 5.32 Å². The summed E-state index contributed by atoms with van der Waals surface area (Å²) in [5, 5.41) is 3.13. The van der Waals surface area contributed by atoms with Crippen LogP contribution in [0.15, 0.2) is 24.3 Å². The van der Waals surface area contributed by atoms with E-state index in [-0.39, 0.29) is 6.03 Å². The lowest BCUT2D eigenvalue weighted by Crippen LogP contribution is -2.50. The minimum absolute atomic E-state index is 0.0637. The van der Waals surface area contributed by atoms with Crippen molar-refractivity contribution in [2.45, 2.75) is 38.6 Å². The fraction of sp³-hybridized carbons (Fsp3) is 0.632. The number of urea groups is 1. The number of anilines is 1. The Morgan fingerprint density at radius 2 is 1.96 bits per heavy atom. The van der Waals surface area contributed by atoms with Crippen LogP contribution in [0.1, 0.15) is 31.2 Å². The number of aryl methyl sites for hydroxylation is 1. The number of para-hydroxylation sites is 1. The highest BCUT2D eigenvalue weighted by atomic mass is 32.2. The van der Waals surface area contributed by atoms with Crippen LogP contribution in [-0.2, 0) is 0 Å². The molecule has 0 saturated carbocycles. The Hall–Kier alpha value is -1.20. The molecule has 2 heterocycles. The number of amides is 2. The summed E-state index contributed by atoms with van der Waals surface area (Å²) in [5.74, 6) is 2.21. The topological polar surface area (TPSA) is 35.6 Å². The fourth-order valence-corrected chi connectivity index (χ4v) is 4.65. The average molecular weight is 348 g/mol. The molecule has 2 aliphatic heterocycles. The minimum Gasteiger partial charge on any atom is -0.319 e. The third-order valence-corrected chi connectivity index (χ3v) is 6.20. The van der Waals surface area contributed by atoms with Crippen LogP contribution in [0.3, 0.4) is 0 Å². The van der Waals surface area contributed by atoms with Gasteiger partial charge in [-0.3, -0.25) is 0 Å². The fourth-order valence-electron chi connectivity index (χ4n) is 3.59. The summed E-state index contributed by atoms with van der Waals surface area (Å²) in [5.41, 5.74) is 2.04. The van der Waals surface area contributed by atoms with Crippen molar-refractivity contribution in [3.63, 3.8) is 0 Å².